The van der Waals surface area contributed by atoms with Crippen LogP contribution in [0.5, 0.6) is 0 Å². The minimum absolute atomic E-state index is 0.136. The van der Waals surface area contributed by atoms with Crippen molar-refractivity contribution in [3.63, 3.8) is 0 Å². The van der Waals surface area contributed by atoms with Crippen molar-refractivity contribution in [2.24, 2.45) is 0 Å². The van der Waals surface area contributed by atoms with Crippen LogP contribution in [0.15, 0.2) is 30.5 Å². The van der Waals surface area contributed by atoms with E-state index in [2.05, 4.69) is 4.98 Å². The normalized spacial score (nSPS) is 10.4. The summed E-state index contributed by atoms with van der Waals surface area (Å²) in [6.07, 6.45) is 1.32. The lowest BCUT2D eigenvalue weighted by atomic mass is 10.1. The topological polar surface area (TPSA) is 56.0 Å². The number of halogens is 3. The summed E-state index contributed by atoms with van der Waals surface area (Å²) in [7, 11) is 0. The molecule has 0 unspecified atom stereocenters. The highest BCUT2D eigenvalue weighted by atomic mass is 35.5. The van der Waals surface area contributed by atoms with Crippen LogP contribution in [0.2, 0.25) is 15.1 Å². The van der Waals surface area contributed by atoms with Gasteiger partial charge in [-0.05, 0) is 6.07 Å². The zero-order chi connectivity index (χ0) is 13.3. The maximum atomic E-state index is 11.0. The first-order chi connectivity index (χ1) is 8.50. The molecule has 0 spiro atoms. The second kappa shape index (κ2) is 5.10. The van der Waals surface area contributed by atoms with E-state index in [0.717, 1.165) is 0 Å². The van der Waals surface area contributed by atoms with Crippen molar-refractivity contribution in [2.45, 2.75) is 0 Å². The summed E-state index contributed by atoms with van der Waals surface area (Å²) < 4.78 is 0. The van der Waals surface area contributed by atoms with Crippen LogP contribution in [0, 0.1) is 10.1 Å². The van der Waals surface area contributed by atoms with Crippen molar-refractivity contribution in [3.05, 3.63) is 55.6 Å². The van der Waals surface area contributed by atoms with Gasteiger partial charge >= 0.3 is 0 Å². The van der Waals surface area contributed by atoms with E-state index < -0.39 is 4.92 Å². The minimum atomic E-state index is -0.564. The average molecular weight is 304 g/mol. The van der Waals surface area contributed by atoms with Crippen LogP contribution in [0.4, 0.5) is 5.69 Å². The van der Waals surface area contributed by atoms with Crippen molar-refractivity contribution in [3.8, 4) is 11.3 Å². The van der Waals surface area contributed by atoms with Crippen LogP contribution in [-0.4, -0.2) is 9.91 Å². The zero-order valence-electron chi connectivity index (χ0n) is 8.73. The van der Waals surface area contributed by atoms with Gasteiger partial charge in [-0.1, -0.05) is 46.9 Å². The SMILES string of the molecule is O=[N+]([O-])c1cc(Cl)cnc1-c1cccc(Cl)c1Cl. The molecule has 4 nitrogen and oxygen atoms in total. The van der Waals surface area contributed by atoms with E-state index in [0.29, 0.717) is 10.6 Å². The van der Waals surface area contributed by atoms with E-state index in [-0.39, 0.29) is 21.4 Å². The zero-order valence-corrected chi connectivity index (χ0v) is 11.0. The number of nitrogens with zero attached hydrogens (tertiary/aromatic N) is 2. The van der Waals surface area contributed by atoms with Crippen molar-refractivity contribution in [2.75, 3.05) is 0 Å². The first-order valence-electron chi connectivity index (χ1n) is 4.75. The fraction of sp³-hybridized carbons (Fsp3) is 0. The minimum Gasteiger partial charge on any atom is -0.258 e. The molecule has 1 aromatic heterocycles. The second-order valence-electron chi connectivity index (χ2n) is 3.38. The predicted molar refractivity (Wildman–Crippen MR) is 71.4 cm³/mol. The molecule has 18 heavy (non-hydrogen) atoms. The fourth-order valence-electron chi connectivity index (χ4n) is 1.46. The van der Waals surface area contributed by atoms with E-state index >= 15 is 0 Å². The molecule has 0 aliphatic rings. The summed E-state index contributed by atoms with van der Waals surface area (Å²) >= 11 is 17.6. The van der Waals surface area contributed by atoms with Crippen LogP contribution >= 0.6 is 34.8 Å². The number of nitro groups is 1. The predicted octanol–water partition coefficient (Wildman–Crippen LogP) is 4.62. The molecule has 0 N–H and O–H groups in total. The van der Waals surface area contributed by atoms with Gasteiger partial charge in [-0.25, -0.2) is 4.98 Å². The molecule has 1 heterocycles. The summed E-state index contributed by atoms with van der Waals surface area (Å²) in [5, 5.41) is 11.7. The Morgan fingerprint density at radius 1 is 1.22 bits per heavy atom. The highest BCUT2D eigenvalue weighted by Crippen LogP contribution is 2.37. The van der Waals surface area contributed by atoms with Gasteiger partial charge in [0.15, 0.2) is 0 Å². The van der Waals surface area contributed by atoms with Crippen molar-refractivity contribution in [1.29, 1.82) is 0 Å². The van der Waals surface area contributed by atoms with Crippen LogP contribution in [0.1, 0.15) is 0 Å². The molecule has 0 aliphatic heterocycles. The van der Waals surface area contributed by atoms with E-state index in [1.165, 1.54) is 12.3 Å². The summed E-state index contributed by atoms with van der Waals surface area (Å²) in [6, 6.07) is 6.07. The third-order valence-electron chi connectivity index (χ3n) is 2.24. The molecule has 0 amide bonds. The quantitative estimate of drug-likeness (QED) is 0.601. The lowest BCUT2D eigenvalue weighted by molar-refractivity contribution is -0.384. The highest BCUT2D eigenvalue weighted by Gasteiger charge is 2.20. The molecule has 0 saturated heterocycles. The van der Waals surface area contributed by atoms with Gasteiger partial charge in [-0.3, -0.25) is 10.1 Å². The maximum Gasteiger partial charge on any atom is 0.297 e. The van der Waals surface area contributed by atoms with Gasteiger partial charge < -0.3 is 0 Å². The number of hydrogen-bond donors (Lipinski definition) is 0. The Bertz CT molecular complexity index is 632. The molecule has 2 rings (SSSR count). The Kier molecular flexibility index (Phi) is 3.71. The highest BCUT2D eigenvalue weighted by molar-refractivity contribution is 6.43. The smallest absolute Gasteiger partial charge is 0.258 e. The van der Waals surface area contributed by atoms with Gasteiger partial charge in [0.25, 0.3) is 5.69 Å². The molecule has 92 valence electrons. The number of rotatable bonds is 2. The standard InChI is InChI=1S/C11H5Cl3N2O2/c12-6-4-9(16(17)18)11(15-5-6)7-2-1-3-8(13)10(7)14/h1-5H. The fourth-order valence-corrected chi connectivity index (χ4v) is 2.00. The first kappa shape index (κ1) is 13.1. The largest absolute Gasteiger partial charge is 0.297 e. The van der Waals surface area contributed by atoms with Gasteiger partial charge in [-0.15, -0.1) is 0 Å². The van der Waals surface area contributed by atoms with E-state index in [9.17, 15) is 10.1 Å². The van der Waals surface area contributed by atoms with E-state index in [1.807, 2.05) is 0 Å². The number of aromatic nitrogens is 1. The molecule has 0 atom stereocenters. The Hall–Kier alpha value is -1.36. The third kappa shape index (κ3) is 2.41. The monoisotopic (exact) mass is 302 g/mol. The van der Waals surface area contributed by atoms with Gasteiger partial charge in [0, 0.05) is 17.8 Å². The summed E-state index contributed by atoms with van der Waals surface area (Å²) in [6.45, 7) is 0. The van der Waals surface area contributed by atoms with Gasteiger partial charge in [0.05, 0.1) is 20.0 Å². The Morgan fingerprint density at radius 2 is 1.94 bits per heavy atom. The van der Waals surface area contributed by atoms with Crippen molar-refractivity contribution >= 4 is 40.5 Å². The van der Waals surface area contributed by atoms with Crippen LogP contribution in [0.3, 0.4) is 0 Å². The number of benzene rings is 1. The third-order valence-corrected chi connectivity index (χ3v) is 3.26. The second-order valence-corrected chi connectivity index (χ2v) is 4.60. The molecule has 7 heteroatoms. The Morgan fingerprint density at radius 3 is 2.61 bits per heavy atom. The van der Waals surface area contributed by atoms with Crippen LogP contribution < -0.4 is 0 Å². The van der Waals surface area contributed by atoms with E-state index in [1.54, 1.807) is 18.2 Å². The Balaban J connectivity index is 2.71. The van der Waals surface area contributed by atoms with Gasteiger partial charge in [0.1, 0.15) is 5.69 Å². The molecular formula is C11H5Cl3N2O2. The number of hydrogen-bond acceptors (Lipinski definition) is 3. The van der Waals surface area contributed by atoms with Gasteiger partial charge in [0.2, 0.25) is 0 Å². The summed E-state index contributed by atoms with van der Waals surface area (Å²) in [5.74, 6) is 0. The molecule has 0 saturated carbocycles. The Labute approximate surface area is 117 Å². The molecule has 1 aromatic carbocycles. The molecule has 0 aliphatic carbocycles. The van der Waals surface area contributed by atoms with E-state index in [4.69, 9.17) is 34.8 Å². The first-order valence-corrected chi connectivity index (χ1v) is 5.88. The van der Waals surface area contributed by atoms with Crippen molar-refractivity contribution < 1.29 is 4.92 Å². The van der Waals surface area contributed by atoms with Crippen LogP contribution in [0.25, 0.3) is 11.3 Å². The van der Waals surface area contributed by atoms with Crippen molar-refractivity contribution in [1.82, 2.24) is 4.98 Å². The summed E-state index contributed by atoms with van der Waals surface area (Å²) in [5.41, 5.74) is 0.316. The summed E-state index contributed by atoms with van der Waals surface area (Å²) in [4.78, 5) is 14.4. The number of pyridine rings is 1. The maximum absolute atomic E-state index is 11.0. The molecule has 2 aromatic rings. The van der Waals surface area contributed by atoms with Gasteiger partial charge in [-0.2, -0.15) is 0 Å². The lowest BCUT2D eigenvalue weighted by Gasteiger charge is -2.06. The molecule has 0 radical (unpaired) electrons. The molecule has 0 fully saturated rings. The lowest BCUT2D eigenvalue weighted by Crippen LogP contribution is -1.95. The molecular weight excluding hydrogens is 298 g/mol. The van der Waals surface area contributed by atoms with Crippen LogP contribution in [-0.2, 0) is 0 Å². The molecule has 0 bridgehead atoms. The average Bonchev–Trinajstić information content (AvgIpc) is 2.33.